The number of nitrogens with zero attached hydrogens (tertiary/aromatic N) is 2. The van der Waals surface area contributed by atoms with Crippen LogP contribution < -0.4 is 0 Å². The molecule has 0 aliphatic heterocycles. The van der Waals surface area contributed by atoms with Crippen LogP contribution in [-0.4, -0.2) is 14.7 Å². The van der Waals surface area contributed by atoms with E-state index in [4.69, 9.17) is 5.11 Å². The molecule has 4 heteroatoms. The quantitative estimate of drug-likeness (QED) is 0.685. The van der Waals surface area contributed by atoms with E-state index in [0.717, 1.165) is 0 Å². The van der Waals surface area contributed by atoms with Gasteiger partial charge in [0.05, 0.1) is 17.8 Å². The van der Waals surface area contributed by atoms with Crippen molar-refractivity contribution in [3.63, 3.8) is 0 Å². The van der Waals surface area contributed by atoms with Crippen molar-refractivity contribution in [2.75, 3.05) is 0 Å². The molecule has 62 valence electrons. The fraction of sp³-hybridized carbons (Fsp3) is 0.125. The van der Waals surface area contributed by atoms with Crippen LogP contribution in [0, 0.1) is 5.82 Å². The van der Waals surface area contributed by atoms with Crippen LogP contribution in [-0.2, 0) is 6.61 Å². The minimum atomic E-state index is -0.299. The number of hydrogen-bond donors (Lipinski definition) is 1. The maximum atomic E-state index is 12.6. The highest BCUT2D eigenvalue weighted by Gasteiger charge is 2.00. The molecule has 0 radical (unpaired) electrons. The van der Waals surface area contributed by atoms with Crippen LogP contribution >= 0.6 is 0 Å². The van der Waals surface area contributed by atoms with Crippen LogP contribution in [0.3, 0.4) is 0 Å². The Hall–Kier alpha value is -1.42. The number of hydrogen-bond acceptors (Lipinski definition) is 2. The van der Waals surface area contributed by atoms with E-state index in [-0.39, 0.29) is 12.4 Å². The van der Waals surface area contributed by atoms with Crippen molar-refractivity contribution in [1.29, 1.82) is 0 Å². The number of aliphatic hydroxyl groups excluding tert-OH is 1. The summed E-state index contributed by atoms with van der Waals surface area (Å²) in [6.07, 6.45) is 1.52. The van der Waals surface area contributed by atoms with Crippen LogP contribution in [0.4, 0.5) is 4.39 Å². The molecule has 12 heavy (non-hydrogen) atoms. The molecule has 3 nitrogen and oxygen atoms in total. The summed E-state index contributed by atoms with van der Waals surface area (Å²) in [5, 5.41) is 12.7. The molecule has 0 spiro atoms. The number of fused-ring (bicyclic) bond motifs is 1. The number of aliphatic hydroxyl groups is 1. The van der Waals surface area contributed by atoms with Gasteiger partial charge >= 0.3 is 0 Å². The Morgan fingerprint density at radius 3 is 3.08 bits per heavy atom. The van der Waals surface area contributed by atoms with Gasteiger partial charge in [0.25, 0.3) is 0 Å². The van der Waals surface area contributed by atoms with Crippen molar-refractivity contribution in [2.24, 2.45) is 0 Å². The van der Waals surface area contributed by atoms with E-state index < -0.39 is 0 Å². The van der Waals surface area contributed by atoms with Crippen molar-refractivity contribution in [2.45, 2.75) is 6.61 Å². The average Bonchev–Trinajstić information content (AvgIpc) is 2.46. The van der Waals surface area contributed by atoms with Crippen LogP contribution in [0.1, 0.15) is 5.69 Å². The topological polar surface area (TPSA) is 37.5 Å². The molecular formula is C8H7FN2O. The second-order valence-corrected chi connectivity index (χ2v) is 2.51. The molecule has 0 fully saturated rings. The Labute approximate surface area is 68.1 Å². The number of halogens is 1. The zero-order valence-electron chi connectivity index (χ0n) is 6.24. The summed E-state index contributed by atoms with van der Waals surface area (Å²) in [4.78, 5) is 0. The molecular weight excluding hydrogens is 159 g/mol. The third-order valence-electron chi connectivity index (χ3n) is 1.64. The highest BCUT2D eigenvalue weighted by molar-refractivity contribution is 5.47. The lowest BCUT2D eigenvalue weighted by molar-refractivity contribution is 0.276. The second kappa shape index (κ2) is 2.57. The van der Waals surface area contributed by atoms with E-state index >= 15 is 0 Å². The summed E-state index contributed by atoms with van der Waals surface area (Å²) in [5.74, 6) is -0.299. The molecule has 0 atom stereocenters. The molecule has 0 saturated heterocycles. The molecule has 2 aromatic rings. The zero-order chi connectivity index (χ0) is 8.55. The Bertz CT molecular complexity index is 410. The molecule has 0 aliphatic carbocycles. The van der Waals surface area contributed by atoms with Gasteiger partial charge in [0.15, 0.2) is 0 Å². The highest BCUT2D eigenvalue weighted by Crippen LogP contribution is 2.07. The normalized spacial score (nSPS) is 10.8. The molecule has 2 aromatic heterocycles. The van der Waals surface area contributed by atoms with Gasteiger partial charge in [-0.3, -0.25) is 0 Å². The monoisotopic (exact) mass is 166 g/mol. The fourth-order valence-electron chi connectivity index (χ4n) is 1.10. The Kier molecular flexibility index (Phi) is 1.55. The van der Waals surface area contributed by atoms with Gasteiger partial charge in [0, 0.05) is 6.20 Å². The van der Waals surface area contributed by atoms with Crippen LogP contribution in [0.15, 0.2) is 24.4 Å². The number of pyridine rings is 1. The number of rotatable bonds is 1. The van der Waals surface area contributed by atoms with Crippen molar-refractivity contribution >= 4 is 5.52 Å². The van der Waals surface area contributed by atoms with Crippen LogP contribution in [0.25, 0.3) is 5.52 Å². The number of aromatic nitrogens is 2. The molecule has 0 saturated carbocycles. The molecule has 0 amide bonds. The van der Waals surface area contributed by atoms with Gasteiger partial charge in [-0.05, 0) is 18.2 Å². The maximum Gasteiger partial charge on any atom is 0.126 e. The zero-order valence-corrected chi connectivity index (χ0v) is 6.24. The van der Waals surface area contributed by atoms with Crippen molar-refractivity contribution in [3.8, 4) is 0 Å². The fourth-order valence-corrected chi connectivity index (χ4v) is 1.10. The molecule has 0 aliphatic rings. The van der Waals surface area contributed by atoms with Gasteiger partial charge in [-0.15, -0.1) is 0 Å². The van der Waals surface area contributed by atoms with E-state index in [0.29, 0.717) is 11.2 Å². The first-order chi connectivity index (χ1) is 5.79. The van der Waals surface area contributed by atoms with Gasteiger partial charge in [-0.25, -0.2) is 8.91 Å². The lowest BCUT2D eigenvalue weighted by Crippen LogP contribution is -1.88. The standard InChI is InChI=1S/C8H7FN2O/c9-6-1-2-11-8(3-6)4-7(5-12)10-11/h1-4,12H,5H2. The van der Waals surface area contributed by atoms with E-state index in [1.54, 1.807) is 6.07 Å². The van der Waals surface area contributed by atoms with Gasteiger partial charge in [0.1, 0.15) is 5.82 Å². The first-order valence-corrected chi connectivity index (χ1v) is 3.54. The molecule has 2 rings (SSSR count). The van der Waals surface area contributed by atoms with Crippen molar-refractivity contribution < 1.29 is 9.50 Å². The van der Waals surface area contributed by atoms with E-state index in [1.165, 1.54) is 22.8 Å². The molecule has 0 unspecified atom stereocenters. The van der Waals surface area contributed by atoms with Crippen molar-refractivity contribution in [1.82, 2.24) is 9.61 Å². The molecule has 0 bridgehead atoms. The van der Waals surface area contributed by atoms with Crippen LogP contribution in [0.2, 0.25) is 0 Å². The van der Waals surface area contributed by atoms with Gasteiger partial charge in [0.2, 0.25) is 0 Å². The minimum absolute atomic E-state index is 0.122. The SMILES string of the molecule is OCc1cc2cc(F)ccn2n1. The third-order valence-corrected chi connectivity index (χ3v) is 1.64. The summed E-state index contributed by atoms with van der Waals surface area (Å²) in [6.45, 7) is -0.122. The summed E-state index contributed by atoms with van der Waals surface area (Å²) in [6, 6.07) is 4.33. The summed E-state index contributed by atoms with van der Waals surface area (Å²) >= 11 is 0. The third kappa shape index (κ3) is 1.06. The van der Waals surface area contributed by atoms with Gasteiger partial charge in [-0.2, -0.15) is 5.10 Å². The summed E-state index contributed by atoms with van der Waals surface area (Å²) < 4.78 is 14.2. The largest absolute Gasteiger partial charge is 0.390 e. The lowest BCUT2D eigenvalue weighted by atomic mass is 10.3. The Morgan fingerprint density at radius 1 is 1.50 bits per heavy atom. The first kappa shape index (κ1) is 7.24. The van der Waals surface area contributed by atoms with Gasteiger partial charge in [-0.1, -0.05) is 0 Å². The average molecular weight is 166 g/mol. The highest BCUT2D eigenvalue weighted by atomic mass is 19.1. The predicted octanol–water partition coefficient (Wildman–Crippen LogP) is 0.966. The summed E-state index contributed by atoms with van der Waals surface area (Å²) in [7, 11) is 0. The summed E-state index contributed by atoms with van der Waals surface area (Å²) in [5.41, 5.74) is 1.19. The van der Waals surface area contributed by atoms with E-state index in [9.17, 15) is 4.39 Å². The lowest BCUT2D eigenvalue weighted by Gasteiger charge is -1.90. The van der Waals surface area contributed by atoms with Crippen LogP contribution in [0.5, 0.6) is 0 Å². The van der Waals surface area contributed by atoms with E-state index in [1.807, 2.05) is 0 Å². The molecule has 1 N–H and O–H groups in total. The van der Waals surface area contributed by atoms with Crippen molar-refractivity contribution in [3.05, 3.63) is 35.9 Å². The Morgan fingerprint density at radius 2 is 2.33 bits per heavy atom. The maximum absolute atomic E-state index is 12.6. The second-order valence-electron chi connectivity index (χ2n) is 2.51. The smallest absolute Gasteiger partial charge is 0.126 e. The predicted molar refractivity (Wildman–Crippen MR) is 41.1 cm³/mol. The first-order valence-electron chi connectivity index (χ1n) is 3.54. The Balaban J connectivity index is 2.67. The van der Waals surface area contributed by atoms with Gasteiger partial charge < -0.3 is 5.11 Å². The molecule has 0 aromatic carbocycles. The molecule has 2 heterocycles. The minimum Gasteiger partial charge on any atom is -0.390 e. The van der Waals surface area contributed by atoms with E-state index in [2.05, 4.69) is 5.10 Å².